The molecule has 2 rings (SSSR count). The van der Waals surface area contributed by atoms with Crippen molar-refractivity contribution in [3.05, 3.63) is 58.1 Å². The maximum Gasteiger partial charge on any atom is 0.257 e. The van der Waals surface area contributed by atoms with E-state index in [1.165, 1.54) is 0 Å². The molecule has 0 saturated carbocycles. The molecule has 0 radical (unpaired) electrons. The number of amides is 2. The zero-order valence-electron chi connectivity index (χ0n) is 16.8. The molecule has 0 unspecified atom stereocenters. The summed E-state index contributed by atoms with van der Waals surface area (Å²) in [4.78, 5) is 24.1. The van der Waals surface area contributed by atoms with E-state index in [1.807, 2.05) is 56.3 Å². The minimum Gasteiger partial charge on any atom is -0.493 e. The van der Waals surface area contributed by atoms with Crippen molar-refractivity contribution in [2.75, 3.05) is 25.6 Å². The first-order chi connectivity index (χ1) is 13.9. The lowest BCUT2D eigenvalue weighted by atomic mass is 10.2. The molecule has 0 heterocycles. The lowest BCUT2D eigenvalue weighted by molar-refractivity contribution is -0.123. The number of ether oxygens (including phenoxy) is 2. The highest BCUT2D eigenvalue weighted by Gasteiger charge is 2.10. The smallest absolute Gasteiger partial charge is 0.257 e. The molecule has 2 aromatic carbocycles. The van der Waals surface area contributed by atoms with Crippen LogP contribution < -0.4 is 20.1 Å². The number of anilines is 1. The molecule has 2 N–H and O–H groups in total. The van der Waals surface area contributed by atoms with Gasteiger partial charge < -0.3 is 20.1 Å². The number of halogens is 1. The Kier molecular flexibility index (Phi) is 8.73. The SMILES string of the molecule is C/C=C/c1ccc(OCC(=O)NCCC(=O)Nc2cc(Br)ccc2C)c(OC)c1. The number of carbonyl (C=O) groups is 2. The summed E-state index contributed by atoms with van der Waals surface area (Å²) in [5.74, 6) is 0.556. The Labute approximate surface area is 179 Å². The molecule has 6 nitrogen and oxygen atoms in total. The van der Waals surface area contributed by atoms with Gasteiger partial charge in [0.1, 0.15) is 0 Å². The fourth-order valence-corrected chi connectivity index (χ4v) is 2.91. The molecule has 0 fully saturated rings. The van der Waals surface area contributed by atoms with Crippen LogP contribution in [0.3, 0.4) is 0 Å². The summed E-state index contributed by atoms with van der Waals surface area (Å²) >= 11 is 3.38. The van der Waals surface area contributed by atoms with E-state index in [2.05, 4.69) is 26.6 Å². The molecular formula is C22H25BrN2O4. The Hall–Kier alpha value is -2.80. The first-order valence-electron chi connectivity index (χ1n) is 9.19. The highest BCUT2D eigenvalue weighted by Crippen LogP contribution is 2.28. The van der Waals surface area contributed by atoms with Gasteiger partial charge in [0.25, 0.3) is 5.91 Å². The van der Waals surface area contributed by atoms with Gasteiger partial charge in [-0.05, 0) is 49.2 Å². The van der Waals surface area contributed by atoms with Crippen molar-refractivity contribution in [1.82, 2.24) is 5.32 Å². The van der Waals surface area contributed by atoms with Crippen molar-refractivity contribution < 1.29 is 19.1 Å². The average molecular weight is 461 g/mol. The van der Waals surface area contributed by atoms with E-state index in [9.17, 15) is 9.59 Å². The Morgan fingerprint density at radius 3 is 2.62 bits per heavy atom. The zero-order chi connectivity index (χ0) is 21.2. The van der Waals surface area contributed by atoms with Gasteiger partial charge >= 0.3 is 0 Å². The summed E-state index contributed by atoms with van der Waals surface area (Å²) < 4.78 is 11.7. The van der Waals surface area contributed by atoms with E-state index in [0.29, 0.717) is 11.5 Å². The number of rotatable bonds is 9. The summed E-state index contributed by atoms with van der Waals surface area (Å²) in [5, 5.41) is 5.52. The molecule has 154 valence electrons. The van der Waals surface area contributed by atoms with Crippen molar-refractivity contribution in [2.45, 2.75) is 20.3 Å². The second-order valence-electron chi connectivity index (χ2n) is 6.31. The van der Waals surface area contributed by atoms with Gasteiger partial charge in [0.05, 0.1) is 7.11 Å². The lowest BCUT2D eigenvalue weighted by Crippen LogP contribution is -2.31. The van der Waals surface area contributed by atoms with Gasteiger partial charge in [0.15, 0.2) is 18.1 Å². The summed E-state index contributed by atoms with van der Waals surface area (Å²) in [7, 11) is 1.55. The number of carbonyl (C=O) groups excluding carboxylic acids is 2. The van der Waals surface area contributed by atoms with E-state index >= 15 is 0 Å². The van der Waals surface area contributed by atoms with Gasteiger partial charge in [-0.1, -0.05) is 40.2 Å². The predicted octanol–water partition coefficient (Wildman–Crippen LogP) is 4.32. The van der Waals surface area contributed by atoms with Crippen LogP contribution in [-0.4, -0.2) is 32.1 Å². The molecule has 0 aromatic heterocycles. The fourth-order valence-electron chi connectivity index (χ4n) is 2.55. The van der Waals surface area contributed by atoms with Crippen molar-refractivity contribution >= 4 is 39.5 Å². The average Bonchev–Trinajstić information content (AvgIpc) is 2.70. The third-order valence-corrected chi connectivity index (χ3v) is 4.55. The van der Waals surface area contributed by atoms with Gasteiger partial charge in [-0.15, -0.1) is 0 Å². The van der Waals surface area contributed by atoms with Crippen molar-refractivity contribution in [3.63, 3.8) is 0 Å². The highest BCUT2D eigenvalue weighted by atomic mass is 79.9. The normalized spacial score (nSPS) is 10.6. The van der Waals surface area contributed by atoms with Crippen LogP contribution in [0, 0.1) is 6.92 Å². The van der Waals surface area contributed by atoms with Gasteiger partial charge in [-0.25, -0.2) is 0 Å². The van der Waals surface area contributed by atoms with Gasteiger partial charge in [0.2, 0.25) is 5.91 Å². The maximum absolute atomic E-state index is 12.1. The van der Waals surface area contributed by atoms with Gasteiger partial charge in [-0.3, -0.25) is 9.59 Å². The van der Waals surface area contributed by atoms with Crippen LogP contribution in [0.25, 0.3) is 6.08 Å². The van der Waals surface area contributed by atoms with Crippen molar-refractivity contribution in [1.29, 1.82) is 0 Å². The zero-order valence-corrected chi connectivity index (χ0v) is 18.3. The summed E-state index contributed by atoms with van der Waals surface area (Å²) in [6.07, 6.45) is 4.04. The molecule has 0 aliphatic rings. The first kappa shape index (κ1) is 22.5. The van der Waals surface area contributed by atoms with Crippen LogP contribution in [0.5, 0.6) is 11.5 Å². The monoisotopic (exact) mass is 460 g/mol. The molecule has 0 aliphatic heterocycles. The Balaban J connectivity index is 1.77. The fraction of sp³-hybridized carbons (Fsp3) is 0.273. The second-order valence-corrected chi connectivity index (χ2v) is 7.22. The van der Waals surface area contributed by atoms with E-state index in [4.69, 9.17) is 9.47 Å². The number of hydrogen-bond donors (Lipinski definition) is 2. The van der Waals surface area contributed by atoms with Crippen molar-refractivity contribution in [2.24, 2.45) is 0 Å². The predicted molar refractivity (Wildman–Crippen MR) is 118 cm³/mol. The van der Waals surface area contributed by atoms with Crippen LogP contribution in [0.15, 0.2) is 46.9 Å². The maximum atomic E-state index is 12.1. The molecule has 0 aliphatic carbocycles. The standard InChI is InChI=1S/C22H25BrN2O4/c1-4-5-16-7-9-19(20(12-16)28-3)29-14-22(27)24-11-10-21(26)25-18-13-17(23)8-6-15(18)2/h4-9,12-13H,10-11,14H2,1-3H3,(H,24,27)(H,25,26)/b5-4+. The molecule has 7 heteroatoms. The third-order valence-electron chi connectivity index (χ3n) is 4.05. The van der Waals surface area contributed by atoms with Crippen molar-refractivity contribution in [3.8, 4) is 11.5 Å². The lowest BCUT2D eigenvalue weighted by Gasteiger charge is -2.12. The minimum atomic E-state index is -0.309. The Bertz CT molecular complexity index is 896. The molecule has 0 atom stereocenters. The molecule has 0 saturated heterocycles. The Morgan fingerprint density at radius 1 is 1.10 bits per heavy atom. The quantitative estimate of drug-likeness (QED) is 0.583. The van der Waals surface area contributed by atoms with E-state index in [-0.39, 0.29) is 31.4 Å². The third kappa shape index (κ3) is 7.27. The Morgan fingerprint density at radius 2 is 1.90 bits per heavy atom. The van der Waals surface area contributed by atoms with Gasteiger partial charge in [0, 0.05) is 23.1 Å². The first-order valence-corrected chi connectivity index (χ1v) is 9.98. The number of allylic oxidation sites excluding steroid dienone is 1. The molecule has 2 aromatic rings. The summed E-state index contributed by atoms with van der Waals surface area (Å²) in [6.45, 7) is 3.91. The molecule has 0 bridgehead atoms. The van der Waals surface area contributed by atoms with E-state index < -0.39 is 0 Å². The van der Waals surface area contributed by atoms with Crippen LogP contribution in [0.1, 0.15) is 24.5 Å². The second kappa shape index (κ2) is 11.3. The minimum absolute atomic E-state index is 0.161. The van der Waals surface area contributed by atoms with E-state index in [1.54, 1.807) is 13.2 Å². The molecular weight excluding hydrogens is 436 g/mol. The van der Waals surface area contributed by atoms with Crippen LogP contribution in [0.4, 0.5) is 5.69 Å². The number of benzene rings is 2. The number of aryl methyl sites for hydroxylation is 1. The summed E-state index contributed by atoms with van der Waals surface area (Å²) in [5.41, 5.74) is 2.69. The number of nitrogens with one attached hydrogen (secondary N) is 2. The van der Waals surface area contributed by atoms with Crippen LogP contribution in [0.2, 0.25) is 0 Å². The van der Waals surface area contributed by atoms with Gasteiger partial charge in [-0.2, -0.15) is 0 Å². The van der Waals surface area contributed by atoms with Crippen LogP contribution >= 0.6 is 15.9 Å². The molecule has 2 amide bonds. The highest BCUT2D eigenvalue weighted by molar-refractivity contribution is 9.10. The van der Waals surface area contributed by atoms with E-state index in [0.717, 1.165) is 21.3 Å². The number of hydrogen-bond acceptors (Lipinski definition) is 4. The largest absolute Gasteiger partial charge is 0.493 e. The van der Waals surface area contributed by atoms with Crippen LogP contribution in [-0.2, 0) is 9.59 Å². The topological polar surface area (TPSA) is 76.7 Å². The number of methoxy groups -OCH3 is 1. The summed E-state index contributed by atoms with van der Waals surface area (Å²) in [6, 6.07) is 11.1. The molecule has 0 spiro atoms. The molecule has 29 heavy (non-hydrogen) atoms.